The summed E-state index contributed by atoms with van der Waals surface area (Å²) in [5.74, 6) is -0.00523. The second kappa shape index (κ2) is 6.92. The molecule has 1 aromatic heterocycles. The molecule has 0 radical (unpaired) electrons. The molecule has 2 N–H and O–H groups in total. The van der Waals surface area contributed by atoms with Crippen LogP contribution in [0.2, 0.25) is 0 Å². The highest BCUT2D eigenvalue weighted by molar-refractivity contribution is 7.17. The number of ether oxygens (including phenoxy) is 2. The van der Waals surface area contributed by atoms with Crippen molar-refractivity contribution in [3.8, 4) is 21.9 Å². The molecule has 1 aliphatic heterocycles. The molecule has 0 saturated carbocycles. The molecule has 2 aromatic rings. The van der Waals surface area contributed by atoms with Gasteiger partial charge in [0.2, 0.25) is 0 Å². The first-order valence-corrected chi connectivity index (χ1v) is 8.43. The zero-order valence-corrected chi connectivity index (χ0v) is 13.9. The molecule has 1 amide bonds. The normalized spacial score (nSPS) is 14.0. The van der Waals surface area contributed by atoms with Crippen LogP contribution in [0.1, 0.15) is 23.0 Å². The van der Waals surface area contributed by atoms with Crippen LogP contribution in [0.5, 0.6) is 11.5 Å². The highest BCUT2D eigenvalue weighted by Crippen LogP contribution is 2.36. The fourth-order valence-electron chi connectivity index (χ4n) is 2.38. The Hall–Kier alpha value is -2.54. The van der Waals surface area contributed by atoms with Crippen molar-refractivity contribution in [1.82, 2.24) is 5.32 Å². The topological polar surface area (TPSA) is 84.9 Å². The molecule has 0 saturated heterocycles. The minimum atomic E-state index is -1.03. The lowest BCUT2D eigenvalue weighted by Gasteiger charge is -2.18. The number of rotatable bonds is 5. The average molecular weight is 347 g/mol. The molecule has 1 unspecified atom stereocenters. The average Bonchev–Trinajstić information content (AvgIpc) is 3.09. The second-order valence-corrected chi connectivity index (χ2v) is 6.38. The summed E-state index contributed by atoms with van der Waals surface area (Å²) in [6.07, 6.45) is 0.335. The first-order chi connectivity index (χ1) is 11.6. The molecule has 1 aliphatic rings. The first-order valence-electron chi connectivity index (χ1n) is 7.62. The Kier molecular flexibility index (Phi) is 4.71. The van der Waals surface area contributed by atoms with Gasteiger partial charge in [-0.25, -0.2) is 4.79 Å². The van der Waals surface area contributed by atoms with Gasteiger partial charge in [0.05, 0.1) is 4.88 Å². The van der Waals surface area contributed by atoms with Gasteiger partial charge in [0.1, 0.15) is 19.3 Å². The van der Waals surface area contributed by atoms with Gasteiger partial charge in [-0.3, -0.25) is 4.79 Å². The van der Waals surface area contributed by atoms with Crippen LogP contribution in [-0.2, 0) is 4.79 Å². The molecule has 7 heteroatoms. The fourth-order valence-corrected chi connectivity index (χ4v) is 3.29. The van der Waals surface area contributed by atoms with E-state index < -0.39 is 12.0 Å². The Bertz CT molecular complexity index is 770. The number of amides is 1. The van der Waals surface area contributed by atoms with Crippen LogP contribution in [0.15, 0.2) is 30.3 Å². The van der Waals surface area contributed by atoms with E-state index in [9.17, 15) is 9.59 Å². The predicted octanol–water partition coefficient (Wildman–Crippen LogP) is 2.78. The molecule has 0 bridgehead atoms. The van der Waals surface area contributed by atoms with E-state index in [0.717, 1.165) is 10.4 Å². The molecule has 1 atom stereocenters. The maximum absolute atomic E-state index is 12.2. The van der Waals surface area contributed by atoms with Crippen LogP contribution in [0, 0.1) is 0 Å². The van der Waals surface area contributed by atoms with E-state index in [2.05, 4.69) is 5.32 Å². The standard InChI is InChI=1S/C17H17NO5S/c1-2-11(17(20)21)18-16(19)15-6-5-14(24-15)10-3-4-12-13(9-10)23-8-7-22-12/h3-6,9,11H,2,7-8H2,1H3,(H,18,19)(H,20,21). The lowest BCUT2D eigenvalue weighted by Crippen LogP contribution is -2.39. The molecular weight excluding hydrogens is 330 g/mol. The number of hydrogen-bond donors (Lipinski definition) is 2. The molecule has 2 heterocycles. The van der Waals surface area contributed by atoms with Gasteiger partial charge in [-0.15, -0.1) is 11.3 Å². The number of thiophene rings is 1. The van der Waals surface area contributed by atoms with E-state index in [1.165, 1.54) is 11.3 Å². The molecule has 3 rings (SSSR count). The summed E-state index contributed by atoms with van der Waals surface area (Å²) >= 11 is 1.31. The maximum Gasteiger partial charge on any atom is 0.326 e. The summed E-state index contributed by atoms with van der Waals surface area (Å²) in [6.45, 7) is 2.77. The zero-order chi connectivity index (χ0) is 17.1. The number of carbonyl (C=O) groups is 2. The Balaban J connectivity index is 1.78. The van der Waals surface area contributed by atoms with E-state index in [0.29, 0.717) is 36.0 Å². The third-order valence-electron chi connectivity index (χ3n) is 3.67. The predicted molar refractivity (Wildman–Crippen MR) is 89.9 cm³/mol. The Morgan fingerprint density at radius 1 is 1.21 bits per heavy atom. The maximum atomic E-state index is 12.2. The van der Waals surface area contributed by atoms with Crippen LogP contribution in [-0.4, -0.2) is 36.2 Å². The molecular formula is C17H17NO5S. The number of aliphatic carboxylic acids is 1. The summed E-state index contributed by atoms with van der Waals surface area (Å²) in [5, 5.41) is 11.6. The van der Waals surface area contributed by atoms with Crippen molar-refractivity contribution in [2.75, 3.05) is 13.2 Å². The largest absolute Gasteiger partial charge is 0.486 e. The molecule has 24 heavy (non-hydrogen) atoms. The second-order valence-electron chi connectivity index (χ2n) is 5.29. The van der Waals surface area contributed by atoms with Crippen molar-refractivity contribution in [2.45, 2.75) is 19.4 Å². The lowest BCUT2D eigenvalue weighted by molar-refractivity contribution is -0.139. The fraction of sp³-hybridized carbons (Fsp3) is 0.294. The van der Waals surface area contributed by atoms with Crippen LogP contribution < -0.4 is 14.8 Å². The monoisotopic (exact) mass is 347 g/mol. The zero-order valence-electron chi connectivity index (χ0n) is 13.1. The number of hydrogen-bond acceptors (Lipinski definition) is 5. The van der Waals surface area contributed by atoms with Gasteiger partial charge >= 0.3 is 5.97 Å². The van der Waals surface area contributed by atoms with Crippen molar-refractivity contribution < 1.29 is 24.2 Å². The first kappa shape index (κ1) is 16.3. The lowest BCUT2D eigenvalue weighted by atomic mass is 10.1. The summed E-state index contributed by atoms with van der Waals surface area (Å²) in [5.41, 5.74) is 0.925. The van der Waals surface area contributed by atoms with E-state index in [4.69, 9.17) is 14.6 Å². The minimum absolute atomic E-state index is 0.335. The highest BCUT2D eigenvalue weighted by Gasteiger charge is 2.20. The van der Waals surface area contributed by atoms with Crippen LogP contribution in [0.3, 0.4) is 0 Å². The van der Waals surface area contributed by atoms with Gasteiger partial charge < -0.3 is 19.9 Å². The van der Waals surface area contributed by atoms with Crippen molar-refractivity contribution in [2.24, 2.45) is 0 Å². The van der Waals surface area contributed by atoms with E-state index in [1.807, 2.05) is 24.3 Å². The Morgan fingerprint density at radius 2 is 1.96 bits per heavy atom. The molecule has 126 valence electrons. The highest BCUT2D eigenvalue weighted by atomic mass is 32.1. The SMILES string of the molecule is CCC(NC(=O)c1ccc(-c2ccc3c(c2)OCCO3)s1)C(=O)O. The van der Waals surface area contributed by atoms with Crippen molar-refractivity contribution >= 4 is 23.2 Å². The van der Waals surface area contributed by atoms with Gasteiger partial charge in [0.15, 0.2) is 11.5 Å². The molecule has 1 aromatic carbocycles. The number of nitrogens with one attached hydrogen (secondary N) is 1. The van der Waals surface area contributed by atoms with Crippen LogP contribution >= 0.6 is 11.3 Å². The third-order valence-corrected chi connectivity index (χ3v) is 4.80. The Labute approximate surface area is 143 Å². The summed E-state index contributed by atoms with van der Waals surface area (Å²) < 4.78 is 11.1. The van der Waals surface area contributed by atoms with Gasteiger partial charge in [0.25, 0.3) is 5.91 Å². The number of fused-ring (bicyclic) bond motifs is 1. The number of carboxylic acid groups (broad SMARTS) is 1. The quantitative estimate of drug-likeness (QED) is 0.869. The number of benzene rings is 1. The van der Waals surface area contributed by atoms with Gasteiger partial charge in [-0.2, -0.15) is 0 Å². The molecule has 6 nitrogen and oxygen atoms in total. The molecule has 0 aliphatic carbocycles. The van der Waals surface area contributed by atoms with Crippen molar-refractivity contribution in [3.63, 3.8) is 0 Å². The molecule has 0 spiro atoms. The van der Waals surface area contributed by atoms with E-state index >= 15 is 0 Å². The van der Waals surface area contributed by atoms with Crippen LogP contribution in [0.4, 0.5) is 0 Å². The van der Waals surface area contributed by atoms with E-state index in [-0.39, 0.29) is 5.91 Å². The van der Waals surface area contributed by atoms with Crippen molar-refractivity contribution in [3.05, 3.63) is 35.2 Å². The number of carboxylic acids is 1. The van der Waals surface area contributed by atoms with Gasteiger partial charge in [0, 0.05) is 4.88 Å². The summed E-state index contributed by atoms with van der Waals surface area (Å²) in [7, 11) is 0. The summed E-state index contributed by atoms with van der Waals surface area (Å²) in [4.78, 5) is 24.6. The Morgan fingerprint density at radius 3 is 2.67 bits per heavy atom. The summed E-state index contributed by atoms with van der Waals surface area (Å²) in [6, 6.07) is 8.30. The van der Waals surface area contributed by atoms with Gasteiger partial charge in [-0.1, -0.05) is 6.92 Å². The minimum Gasteiger partial charge on any atom is -0.486 e. The third kappa shape index (κ3) is 3.35. The van der Waals surface area contributed by atoms with Crippen molar-refractivity contribution in [1.29, 1.82) is 0 Å². The smallest absolute Gasteiger partial charge is 0.326 e. The van der Waals surface area contributed by atoms with Gasteiger partial charge in [-0.05, 0) is 42.3 Å². The molecule has 0 fully saturated rings. The number of carbonyl (C=O) groups excluding carboxylic acids is 1. The van der Waals surface area contributed by atoms with E-state index in [1.54, 1.807) is 13.0 Å². The van der Waals surface area contributed by atoms with Crippen LogP contribution in [0.25, 0.3) is 10.4 Å².